The predicted octanol–water partition coefficient (Wildman–Crippen LogP) is 5.85. The fraction of sp³-hybridized carbons (Fsp3) is 0.586. The average molecular weight is 1800 g/mol. The quantitative estimate of drug-likeness (QED) is 0.0145. The lowest BCUT2D eigenvalue weighted by molar-refractivity contribution is -0.204. The average Bonchev–Trinajstić information content (AvgIpc) is 1.74. The minimum absolute atomic E-state index is 0.000262. The van der Waals surface area contributed by atoms with Crippen molar-refractivity contribution in [3.8, 4) is 0 Å². The second-order valence-electron chi connectivity index (χ2n) is 30.2. The number of carbonyl (C=O) groups is 18. The number of carboxylic acids is 3. The van der Waals surface area contributed by atoms with Gasteiger partial charge in [-0.05, 0) is 58.1 Å². The second-order valence-corrected chi connectivity index (χ2v) is 30.2. The van der Waals surface area contributed by atoms with E-state index >= 15 is 0 Å². The number of amides is 4. The van der Waals surface area contributed by atoms with Gasteiger partial charge in [-0.2, -0.15) is 0 Å². The monoisotopic (exact) mass is 1800 g/mol. The van der Waals surface area contributed by atoms with E-state index in [0.717, 1.165) is 16.7 Å². The van der Waals surface area contributed by atoms with Crippen LogP contribution in [0.5, 0.6) is 0 Å². The number of benzene rings is 3. The van der Waals surface area contributed by atoms with Gasteiger partial charge >= 0.3 is 83.6 Å². The molecule has 40 nitrogen and oxygen atoms in total. The number of carbonyl (C=O) groups excluding carboxylic acids is 15. The molecule has 2 fully saturated rings. The molecule has 7 atom stereocenters. The zero-order chi connectivity index (χ0) is 95.8. The van der Waals surface area contributed by atoms with E-state index in [2.05, 4.69) is 4.74 Å². The summed E-state index contributed by atoms with van der Waals surface area (Å²) in [6.45, 7) is 22.8. The van der Waals surface area contributed by atoms with Gasteiger partial charge in [-0.15, -0.1) is 10.1 Å². The Balaban J connectivity index is 0.000000857. The topological polar surface area (TPSA) is 553 Å². The summed E-state index contributed by atoms with van der Waals surface area (Å²) in [6, 6.07) is 27.5. The molecule has 0 spiro atoms. The third kappa shape index (κ3) is 44.8. The van der Waals surface area contributed by atoms with Crippen molar-refractivity contribution in [1.82, 2.24) is 10.1 Å². The summed E-state index contributed by atoms with van der Waals surface area (Å²) in [5, 5.41) is 43.7. The lowest BCUT2D eigenvalue weighted by atomic mass is 9.96. The number of imide groups is 2. The molecule has 5 rings (SSSR count). The van der Waals surface area contributed by atoms with Gasteiger partial charge in [-0.3, -0.25) is 76.7 Å². The first kappa shape index (κ1) is 113. The number of nitrogens with zero attached hydrogens (tertiary/aromatic N) is 2. The van der Waals surface area contributed by atoms with E-state index in [4.69, 9.17) is 92.1 Å². The molecule has 3 aromatic rings. The highest BCUT2D eigenvalue weighted by molar-refractivity contribution is 6.04. The number of carboxylic acid groups (broad SMARTS) is 3. The molecule has 0 saturated carbocycles. The number of hydroxylamine groups is 4. The van der Waals surface area contributed by atoms with Crippen molar-refractivity contribution in [2.24, 2.45) is 82.9 Å². The van der Waals surface area contributed by atoms with Gasteiger partial charge in [0, 0.05) is 25.7 Å². The van der Waals surface area contributed by atoms with Gasteiger partial charge in [0.25, 0.3) is 23.6 Å². The molecule has 4 amide bonds. The first-order chi connectivity index (χ1) is 60.1. The molecule has 127 heavy (non-hydrogen) atoms. The van der Waals surface area contributed by atoms with E-state index in [-0.39, 0.29) is 156 Å². The molecule has 0 bridgehead atoms. The molecule has 40 heteroatoms. The van der Waals surface area contributed by atoms with E-state index in [1.807, 2.05) is 91.0 Å². The van der Waals surface area contributed by atoms with Crippen LogP contribution in [0.1, 0.15) is 139 Å². The van der Waals surface area contributed by atoms with Crippen molar-refractivity contribution < 1.29 is 183 Å². The maximum Gasteiger partial charge on any atom is 0.347 e. The van der Waals surface area contributed by atoms with Gasteiger partial charge in [0.15, 0.2) is 41.4 Å². The summed E-state index contributed by atoms with van der Waals surface area (Å²) in [5.41, 5.74) is 2.48. The molecule has 0 aliphatic carbocycles. The first-order valence-corrected chi connectivity index (χ1v) is 41.1. The van der Waals surface area contributed by atoms with Gasteiger partial charge < -0.3 is 96.8 Å². The van der Waals surface area contributed by atoms with Crippen molar-refractivity contribution >= 4 is 107 Å². The number of hydrogen-bond acceptors (Lipinski definition) is 35. The van der Waals surface area contributed by atoms with E-state index in [9.17, 15) is 86.3 Å². The normalized spacial score (nSPS) is 13.9. The molecule has 2 aliphatic rings. The molecule has 0 aromatic heterocycles. The first-order valence-electron chi connectivity index (χ1n) is 41.1. The van der Waals surface area contributed by atoms with Gasteiger partial charge in [0.2, 0.25) is 0 Å². The Bertz CT molecular complexity index is 3700. The number of aliphatic carboxylic acids is 3. The van der Waals surface area contributed by atoms with Crippen LogP contribution in [0.3, 0.4) is 0 Å². The standard InChI is InChI=1S/C30H38O9.C24H32N2O13.C16H26O9.C13H16O4.C4H10O3/c1-21(2)25(29(33)38-19-23-11-7-5-8-12-23)27(31)36-17-15-35-16-18-37-28(32)26(22(3)4)30(34)39-20-24-13-9-6-10-14-24;1-13(2)19(23(33)38-25-15(27)5-6-16(25)28)21(31)36-11-9-35-10-12-37-22(32)20(14(3)4)24(34)39-26-17(29)7-8-18(26)30;1-9(2)11(13(17)18)15(21)24-7-5-23-6-8-25-16(22)12(10(3)4)14(19)20;1-9(2)11(12(14)15)13(16)17-8-10-6-4-3-5-7-10;5-1-3-7-4-2-6/h5-14,21-22,25-26H,15-20H2,1-4H3;13-14,19-20H,5-12H2,1-4H3;9-12H,5-8H2,1-4H3,(H,17,18)(H,19,20);3-7,9,11H,8H2,1-2H3,(H,14,15);5-6H,1-4H2. The summed E-state index contributed by atoms with van der Waals surface area (Å²) < 4.78 is 66.0. The molecule has 3 aromatic carbocycles. The van der Waals surface area contributed by atoms with E-state index in [1.165, 1.54) is 0 Å². The van der Waals surface area contributed by atoms with Crippen LogP contribution in [-0.4, -0.2) is 249 Å². The van der Waals surface area contributed by atoms with Crippen LogP contribution in [0.4, 0.5) is 0 Å². The highest BCUT2D eigenvalue weighted by atomic mass is 16.7. The molecule has 2 heterocycles. The number of rotatable bonds is 51. The lowest BCUT2D eigenvalue weighted by Gasteiger charge is -2.21. The summed E-state index contributed by atoms with van der Waals surface area (Å²) in [7, 11) is 0. The maximum atomic E-state index is 12.5. The Hall–Kier alpha value is -11.7. The van der Waals surface area contributed by atoms with Crippen LogP contribution in [0.25, 0.3) is 0 Å². The molecule has 2 aliphatic heterocycles. The minimum atomic E-state index is -1.38. The molecule has 0 radical (unpaired) electrons. The highest BCUT2D eigenvalue weighted by Gasteiger charge is 2.43. The zero-order valence-corrected chi connectivity index (χ0v) is 74.1. The summed E-state index contributed by atoms with van der Waals surface area (Å²) in [6.07, 6.45) is -0.340. The Morgan fingerprint density at radius 3 is 0.614 bits per heavy atom. The Labute approximate surface area is 736 Å². The van der Waals surface area contributed by atoms with Crippen molar-refractivity contribution in [3.05, 3.63) is 108 Å². The molecular weight excluding hydrogens is 1680 g/mol. The Morgan fingerprint density at radius 1 is 0.252 bits per heavy atom. The number of aliphatic hydroxyl groups excluding tert-OH is 2. The largest absolute Gasteiger partial charge is 0.481 e. The highest BCUT2D eigenvalue weighted by Crippen LogP contribution is 2.24. The van der Waals surface area contributed by atoms with E-state index in [0.29, 0.717) is 23.3 Å². The van der Waals surface area contributed by atoms with E-state index < -0.39 is 172 Å². The van der Waals surface area contributed by atoms with Crippen LogP contribution in [0.2, 0.25) is 0 Å². The van der Waals surface area contributed by atoms with Gasteiger partial charge in [-0.1, -0.05) is 188 Å². The van der Waals surface area contributed by atoms with Gasteiger partial charge in [0.05, 0.1) is 66.1 Å². The number of hydrogen-bond donors (Lipinski definition) is 5. The van der Waals surface area contributed by atoms with Crippen LogP contribution in [0.15, 0.2) is 91.0 Å². The lowest BCUT2D eigenvalue weighted by Crippen LogP contribution is -2.39. The third-order valence-corrected chi connectivity index (χ3v) is 17.6. The minimum Gasteiger partial charge on any atom is -0.481 e. The zero-order valence-electron chi connectivity index (χ0n) is 74.1. The van der Waals surface area contributed by atoms with Crippen LogP contribution in [0, 0.1) is 82.9 Å². The Morgan fingerprint density at radius 2 is 0.425 bits per heavy atom. The summed E-state index contributed by atoms with van der Waals surface area (Å²) in [5.74, 6) is -26.6. The Kier molecular flexibility index (Phi) is 56.4. The summed E-state index contributed by atoms with van der Waals surface area (Å²) in [4.78, 5) is 223. The molecule has 5 N–H and O–H groups in total. The number of aliphatic hydroxyl groups is 2. The smallest absolute Gasteiger partial charge is 0.347 e. The van der Waals surface area contributed by atoms with Gasteiger partial charge in [-0.25, -0.2) is 9.59 Å². The van der Waals surface area contributed by atoms with Crippen molar-refractivity contribution in [3.63, 3.8) is 0 Å². The SMILES string of the molecule is CC(C)C(C(=O)O)C(=O)OCCOCCOC(=O)C(C(=O)O)C(C)C.CC(C)C(C(=O)O)C(=O)OCc1ccccc1.CC(C)C(C(=O)OCCOCCOC(=O)C(C(=O)OCc1ccccc1)C(C)C)C(=O)OCc1ccccc1.CC(C)C(C(=O)OCCOCCOC(=O)C(C(=O)ON1C(=O)CCC1=O)C(C)C)C(=O)ON1C(=O)CCC1=O.OCCOCCO. The van der Waals surface area contributed by atoms with Crippen molar-refractivity contribution in [1.29, 1.82) is 0 Å². The predicted molar refractivity (Wildman–Crippen MR) is 437 cm³/mol. The fourth-order valence-corrected chi connectivity index (χ4v) is 10.9. The number of ether oxygens (including phenoxy) is 13. The molecular formula is C87H122N2O38. The third-order valence-electron chi connectivity index (χ3n) is 17.6. The summed E-state index contributed by atoms with van der Waals surface area (Å²) >= 11 is 0. The molecule has 708 valence electrons. The van der Waals surface area contributed by atoms with Crippen LogP contribution >= 0.6 is 0 Å². The van der Waals surface area contributed by atoms with Crippen molar-refractivity contribution in [2.45, 2.75) is 142 Å². The molecule has 7 unspecified atom stereocenters. The second kappa shape index (κ2) is 63.2. The van der Waals surface area contributed by atoms with Crippen molar-refractivity contribution in [2.75, 3.05) is 106 Å². The van der Waals surface area contributed by atoms with Gasteiger partial charge in [0.1, 0.15) is 59.5 Å². The van der Waals surface area contributed by atoms with Crippen LogP contribution in [-0.2, 0) is 177 Å². The number of esters is 9. The fourth-order valence-electron chi connectivity index (χ4n) is 10.9. The maximum absolute atomic E-state index is 12.5. The molecule has 2 saturated heterocycles. The van der Waals surface area contributed by atoms with E-state index in [1.54, 1.807) is 96.9 Å². The van der Waals surface area contributed by atoms with Crippen LogP contribution < -0.4 is 0 Å².